The van der Waals surface area contributed by atoms with Gasteiger partial charge in [-0.15, -0.1) is 0 Å². The summed E-state index contributed by atoms with van der Waals surface area (Å²) in [5.74, 6) is 1.62. The maximum atomic E-state index is 12.6. The molecule has 4 aromatic rings. The van der Waals surface area contributed by atoms with Crippen LogP contribution in [-0.2, 0) is 6.54 Å². The van der Waals surface area contributed by atoms with Crippen molar-refractivity contribution in [3.8, 4) is 5.75 Å². The van der Waals surface area contributed by atoms with Crippen molar-refractivity contribution >= 4 is 16.9 Å². The van der Waals surface area contributed by atoms with Crippen molar-refractivity contribution in [2.45, 2.75) is 26.4 Å². The molecule has 4 rings (SSSR count). The van der Waals surface area contributed by atoms with Crippen LogP contribution in [0.15, 0.2) is 74.4 Å². The number of hydrogen-bond acceptors (Lipinski definition) is 5. The van der Waals surface area contributed by atoms with Gasteiger partial charge in [-0.25, -0.2) is 0 Å². The first-order chi connectivity index (χ1) is 14.5. The second-order valence-corrected chi connectivity index (χ2v) is 6.88. The molecule has 1 unspecified atom stereocenters. The molecule has 1 aromatic carbocycles. The van der Waals surface area contributed by atoms with Gasteiger partial charge >= 0.3 is 0 Å². The largest absolute Gasteiger partial charge is 0.490 e. The van der Waals surface area contributed by atoms with Gasteiger partial charge in [0.2, 0.25) is 0 Å². The van der Waals surface area contributed by atoms with Crippen LogP contribution in [0.25, 0.3) is 11.0 Å². The third-order valence-corrected chi connectivity index (χ3v) is 4.71. The summed E-state index contributed by atoms with van der Waals surface area (Å²) in [4.78, 5) is 24.4. The van der Waals surface area contributed by atoms with E-state index in [2.05, 4.69) is 5.32 Å². The topological polar surface area (TPSA) is 86.6 Å². The Bertz CT molecular complexity index is 1230. The number of amides is 1. The molecule has 0 saturated heterocycles. The minimum absolute atomic E-state index is 0.134. The average Bonchev–Trinajstić information content (AvgIpc) is 3.38. The minimum Gasteiger partial charge on any atom is -0.490 e. The Morgan fingerprint density at radius 1 is 1.13 bits per heavy atom. The van der Waals surface area contributed by atoms with Gasteiger partial charge in [-0.2, -0.15) is 0 Å². The van der Waals surface area contributed by atoms with Gasteiger partial charge in [-0.1, -0.05) is 18.2 Å². The normalized spacial score (nSPS) is 12.1. The molecule has 0 spiro atoms. The first kappa shape index (κ1) is 19.6. The van der Waals surface area contributed by atoms with E-state index in [1.165, 1.54) is 10.6 Å². The van der Waals surface area contributed by atoms with Gasteiger partial charge in [0.15, 0.2) is 17.1 Å². The fourth-order valence-corrected chi connectivity index (χ4v) is 3.22. The average molecular weight is 406 g/mol. The van der Waals surface area contributed by atoms with E-state index in [1.807, 2.05) is 38.1 Å². The van der Waals surface area contributed by atoms with Crippen molar-refractivity contribution in [3.05, 3.63) is 88.4 Å². The quantitative estimate of drug-likeness (QED) is 0.499. The van der Waals surface area contributed by atoms with E-state index >= 15 is 0 Å². The predicted octanol–water partition coefficient (Wildman–Crippen LogP) is 4.13. The first-order valence-electron chi connectivity index (χ1n) is 9.75. The number of ether oxygens (including phenoxy) is 1. The number of nitrogens with zero attached hydrogens (tertiary/aromatic N) is 1. The molecule has 3 heterocycles. The SMILES string of the molecule is CCOc1cccc2cc(C(C)NC(=O)c3ccc(Cn4ccccc4=O)o3)oc12. The Kier molecular flexibility index (Phi) is 5.43. The number of carbonyl (C=O) groups is 1. The molecule has 0 fully saturated rings. The lowest BCUT2D eigenvalue weighted by molar-refractivity contribution is 0.0905. The van der Waals surface area contributed by atoms with Crippen molar-refractivity contribution in [3.63, 3.8) is 0 Å². The molecule has 7 heteroatoms. The summed E-state index contributed by atoms with van der Waals surface area (Å²) in [5, 5.41) is 3.79. The number of rotatable bonds is 7. The number of fused-ring (bicyclic) bond motifs is 1. The second-order valence-electron chi connectivity index (χ2n) is 6.88. The number of furan rings is 2. The van der Waals surface area contributed by atoms with Crippen LogP contribution in [0.3, 0.4) is 0 Å². The third-order valence-electron chi connectivity index (χ3n) is 4.71. The molecule has 0 aliphatic carbocycles. The number of hydrogen-bond donors (Lipinski definition) is 1. The maximum absolute atomic E-state index is 12.6. The van der Waals surface area contributed by atoms with Crippen LogP contribution in [0.2, 0.25) is 0 Å². The molecule has 0 saturated carbocycles. The van der Waals surface area contributed by atoms with Crippen molar-refractivity contribution in [2.24, 2.45) is 0 Å². The smallest absolute Gasteiger partial charge is 0.287 e. The van der Waals surface area contributed by atoms with Gasteiger partial charge in [-0.3, -0.25) is 9.59 Å². The molecule has 0 aliphatic heterocycles. The van der Waals surface area contributed by atoms with Crippen molar-refractivity contribution in [2.75, 3.05) is 6.61 Å². The van der Waals surface area contributed by atoms with Crippen molar-refractivity contribution in [1.29, 1.82) is 0 Å². The number of carbonyl (C=O) groups excluding carboxylic acids is 1. The number of nitrogens with one attached hydrogen (secondary N) is 1. The standard InChI is InChI=1S/C23H22N2O5/c1-3-28-18-8-6-7-16-13-20(30-22(16)18)15(2)24-23(27)19-11-10-17(29-19)14-25-12-5-4-9-21(25)26/h4-13,15H,3,14H2,1-2H3,(H,24,27). The fraction of sp³-hybridized carbons (Fsp3) is 0.217. The molecule has 3 aromatic heterocycles. The van der Waals surface area contributed by atoms with Gasteiger partial charge in [0, 0.05) is 17.6 Å². The van der Waals surface area contributed by atoms with E-state index in [0.29, 0.717) is 29.5 Å². The monoisotopic (exact) mass is 406 g/mol. The summed E-state index contributed by atoms with van der Waals surface area (Å²) in [6.07, 6.45) is 1.67. The predicted molar refractivity (Wildman–Crippen MR) is 112 cm³/mol. The molecular weight excluding hydrogens is 384 g/mol. The van der Waals surface area contributed by atoms with Crippen molar-refractivity contribution < 1.29 is 18.4 Å². The fourth-order valence-electron chi connectivity index (χ4n) is 3.22. The van der Waals surface area contributed by atoms with Gasteiger partial charge in [0.25, 0.3) is 11.5 Å². The highest BCUT2D eigenvalue weighted by molar-refractivity contribution is 5.92. The number of para-hydroxylation sites is 1. The number of benzene rings is 1. The highest BCUT2D eigenvalue weighted by Gasteiger charge is 2.19. The Hall–Kier alpha value is -3.74. The molecule has 0 radical (unpaired) electrons. The summed E-state index contributed by atoms with van der Waals surface area (Å²) < 4.78 is 18.7. The number of aromatic nitrogens is 1. The van der Waals surface area contributed by atoms with Crippen LogP contribution in [0.4, 0.5) is 0 Å². The zero-order valence-corrected chi connectivity index (χ0v) is 16.8. The Morgan fingerprint density at radius 3 is 2.80 bits per heavy atom. The lowest BCUT2D eigenvalue weighted by Gasteiger charge is -2.10. The Balaban J connectivity index is 1.47. The molecule has 30 heavy (non-hydrogen) atoms. The Labute approximate surface area is 172 Å². The zero-order valence-electron chi connectivity index (χ0n) is 16.8. The summed E-state index contributed by atoms with van der Waals surface area (Å²) in [6.45, 7) is 4.55. The molecule has 154 valence electrons. The van der Waals surface area contributed by atoms with Gasteiger partial charge in [0.1, 0.15) is 11.5 Å². The van der Waals surface area contributed by atoms with E-state index in [9.17, 15) is 9.59 Å². The van der Waals surface area contributed by atoms with Crippen LogP contribution >= 0.6 is 0 Å². The summed E-state index contributed by atoms with van der Waals surface area (Å²) in [6, 6.07) is 15.4. The molecule has 7 nitrogen and oxygen atoms in total. The van der Waals surface area contributed by atoms with E-state index in [0.717, 1.165) is 5.39 Å². The molecule has 1 atom stereocenters. The Morgan fingerprint density at radius 2 is 2.00 bits per heavy atom. The van der Waals surface area contributed by atoms with Gasteiger partial charge in [-0.05, 0) is 44.2 Å². The first-order valence-corrected chi connectivity index (χ1v) is 9.75. The zero-order chi connectivity index (χ0) is 21.1. The van der Waals surface area contributed by atoms with Crippen molar-refractivity contribution in [1.82, 2.24) is 9.88 Å². The van der Waals surface area contributed by atoms with Crippen LogP contribution in [0.5, 0.6) is 5.75 Å². The number of pyridine rings is 1. The van der Waals surface area contributed by atoms with E-state index in [4.69, 9.17) is 13.6 Å². The van der Waals surface area contributed by atoms with Crippen LogP contribution in [0.1, 0.15) is 42.0 Å². The second kappa shape index (κ2) is 8.32. The molecule has 1 N–H and O–H groups in total. The highest BCUT2D eigenvalue weighted by atomic mass is 16.5. The lowest BCUT2D eigenvalue weighted by Crippen LogP contribution is -2.26. The maximum Gasteiger partial charge on any atom is 0.287 e. The molecule has 1 amide bonds. The highest BCUT2D eigenvalue weighted by Crippen LogP contribution is 2.31. The minimum atomic E-state index is -0.371. The molecule has 0 bridgehead atoms. The lowest BCUT2D eigenvalue weighted by atomic mass is 10.2. The van der Waals surface area contributed by atoms with Crippen LogP contribution in [0, 0.1) is 0 Å². The van der Waals surface area contributed by atoms with Crippen LogP contribution < -0.4 is 15.6 Å². The molecule has 0 aliphatic rings. The van der Waals surface area contributed by atoms with E-state index in [1.54, 1.807) is 30.5 Å². The van der Waals surface area contributed by atoms with Gasteiger partial charge in [0.05, 0.1) is 19.2 Å². The third kappa shape index (κ3) is 4.00. The van der Waals surface area contributed by atoms with E-state index in [-0.39, 0.29) is 29.8 Å². The van der Waals surface area contributed by atoms with E-state index < -0.39 is 0 Å². The molecular formula is C23H22N2O5. The summed E-state index contributed by atoms with van der Waals surface area (Å²) in [5.41, 5.74) is 0.522. The summed E-state index contributed by atoms with van der Waals surface area (Å²) >= 11 is 0. The van der Waals surface area contributed by atoms with Crippen LogP contribution in [-0.4, -0.2) is 17.1 Å². The van der Waals surface area contributed by atoms with Gasteiger partial charge < -0.3 is 23.5 Å². The summed E-state index contributed by atoms with van der Waals surface area (Å²) in [7, 11) is 0.